The second-order valence-electron chi connectivity index (χ2n) is 6.85. The molecule has 0 radical (unpaired) electrons. The lowest BCUT2D eigenvalue weighted by atomic mass is 10.1. The molecule has 148 valence electrons. The number of amides is 2. The largest absolute Gasteiger partial charge is 0.483 e. The topological polar surface area (TPSA) is 58.6 Å². The molecule has 0 aromatic heterocycles. The molecular weight excluding hydrogens is 420 g/mol. The van der Waals surface area contributed by atoms with Crippen LogP contribution in [0.1, 0.15) is 42.1 Å². The Kier molecular flexibility index (Phi) is 7.09. The molecule has 0 spiro atoms. The van der Waals surface area contributed by atoms with Gasteiger partial charge in [0.2, 0.25) is 0 Å². The van der Waals surface area contributed by atoms with Gasteiger partial charge >= 0.3 is 0 Å². The first-order valence-electron chi connectivity index (χ1n) is 9.68. The molecule has 0 saturated carbocycles. The van der Waals surface area contributed by atoms with Gasteiger partial charge in [0, 0.05) is 13.1 Å². The highest BCUT2D eigenvalue weighted by atomic mass is 79.9. The number of carbonyl (C=O) groups is 2. The molecule has 0 bridgehead atoms. The van der Waals surface area contributed by atoms with Gasteiger partial charge in [-0.2, -0.15) is 0 Å². The summed E-state index contributed by atoms with van der Waals surface area (Å²) >= 11 is 3.47. The van der Waals surface area contributed by atoms with Crippen molar-refractivity contribution in [3.63, 3.8) is 0 Å². The van der Waals surface area contributed by atoms with E-state index in [1.54, 1.807) is 12.1 Å². The number of nitrogens with zero attached hydrogens (tertiary/aromatic N) is 1. The number of para-hydroxylation sites is 1. The smallest absolute Gasteiger partial charge is 0.262 e. The van der Waals surface area contributed by atoms with Crippen LogP contribution in [-0.4, -0.2) is 36.4 Å². The van der Waals surface area contributed by atoms with Crippen molar-refractivity contribution in [2.45, 2.75) is 32.6 Å². The molecule has 2 aromatic carbocycles. The summed E-state index contributed by atoms with van der Waals surface area (Å²) in [5.74, 6) is 0.282. The van der Waals surface area contributed by atoms with E-state index < -0.39 is 0 Å². The van der Waals surface area contributed by atoms with E-state index in [9.17, 15) is 9.59 Å². The van der Waals surface area contributed by atoms with Crippen molar-refractivity contribution in [2.24, 2.45) is 0 Å². The lowest BCUT2D eigenvalue weighted by molar-refractivity contribution is -0.118. The number of carbonyl (C=O) groups excluding carboxylic acids is 2. The van der Waals surface area contributed by atoms with E-state index in [4.69, 9.17) is 4.74 Å². The van der Waals surface area contributed by atoms with Crippen molar-refractivity contribution in [1.82, 2.24) is 4.90 Å². The number of hydrogen-bond acceptors (Lipinski definition) is 3. The van der Waals surface area contributed by atoms with Gasteiger partial charge in [-0.1, -0.05) is 25.1 Å². The van der Waals surface area contributed by atoms with Crippen LogP contribution in [0, 0.1) is 0 Å². The van der Waals surface area contributed by atoms with Gasteiger partial charge in [0.05, 0.1) is 15.7 Å². The van der Waals surface area contributed by atoms with Crippen LogP contribution in [0.25, 0.3) is 0 Å². The molecule has 1 aliphatic rings. The second-order valence-corrected chi connectivity index (χ2v) is 7.71. The Morgan fingerprint density at radius 3 is 2.57 bits per heavy atom. The van der Waals surface area contributed by atoms with Crippen LogP contribution in [0.2, 0.25) is 0 Å². The number of rotatable bonds is 6. The van der Waals surface area contributed by atoms with Crippen LogP contribution in [0.5, 0.6) is 5.75 Å². The van der Waals surface area contributed by atoms with Crippen LogP contribution in [0.4, 0.5) is 5.69 Å². The molecule has 2 amide bonds. The number of hydrogen-bond donors (Lipinski definition) is 1. The Labute approximate surface area is 174 Å². The highest BCUT2D eigenvalue weighted by Gasteiger charge is 2.21. The van der Waals surface area contributed by atoms with Gasteiger partial charge < -0.3 is 15.0 Å². The quantitative estimate of drug-likeness (QED) is 0.704. The number of ether oxygens (including phenoxy) is 1. The van der Waals surface area contributed by atoms with Crippen LogP contribution in [-0.2, 0) is 11.2 Å². The lowest BCUT2D eigenvalue weighted by Gasteiger charge is -2.27. The predicted octanol–water partition coefficient (Wildman–Crippen LogP) is 4.66. The molecule has 2 aromatic rings. The van der Waals surface area contributed by atoms with E-state index in [-0.39, 0.29) is 18.4 Å². The molecule has 3 rings (SSSR count). The highest BCUT2D eigenvalue weighted by molar-refractivity contribution is 9.10. The molecule has 0 atom stereocenters. The summed E-state index contributed by atoms with van der Waals surface area (Å²) in [5, 5.41) is 2.82. The summed E-state index contributed by atoms with van der Waals surface area (Å²) in [6, 6.07) is 12.9. The van der Waals surface area contributed by atoms with Crippen LogP contribution >= 0.6 is 15.9 Å². The van der Waals surface area contributed by atoms with Gasteiger partial charge in [0.1, 0.15) is 5.75 Å². The molecule has 28 heavy (non-hydrogen) atoms. The zero-order chi connectivity index (χ0) is 19.9. The molecular formula is C22H25BrN2O3. The number of nitrogens with one attached hydrogen (secondary N) is 1. The highest BCUT2D eigenvalue weighted by Crippen LogP contribution is 2.26. The molecule has 6 heteroatoms. The van der Waals surface area contributed by atoms with Gasteiger partial charge in [-0.05, 0) is 71.4 Å². The van der Waals surface area contributed by atoms with Crippen molar-refractivity contribution in [3.05, 3.63) is 58.1 Å². The number of piperidine rings is 1. The van der Waals surface area contributed by atoms with Crippen molar-refractivity contribution in [1.29, 1.82) is 0 Å². The molecule has 0 aliphatic carbocycles. The fraction of sp³-hybridized carbons (Fsp3) is 0.364. The van der Waals surface area contributed by atoms with Crippen LogP contribution in [0.15, 0.2) is 46.9 Å². The standard InChI is InChI=1S/C22H25BrN2O3/c1-2-16-10-11-20(18(23)14-16)28-15-21(26)24-19-9-5-4-8-17(19)22(27)25-12-6-3-7-13-25/h4-5,8-11,14H,2-3,6-7,12-13,15H2,1H3,(H,24,26). The van der Waals surface area contributed by atoms with E-state index >= 15 is 0 Å². The maximum absolute atomic E-state index is 12.8. The molecule has 5 nitrogen and oxygen atoms in total. The molecule has 1 heterocycles. The number of likely N-dealkylation sites (tertiary alicyclic amines) is 1. The molecule has 1 fully saturated rings. The fourth-order valence-corrected chi connectivity index (χ4v) is 3.80. The predicted molar refractivity (Wildman–Crippen MR) is 114 cm³/mol. The van der Waals surface area contributed by atoms with Gasteiger partial charge in [0.15, 0.2) is 6.61 Å². The van der Waals surface area contributed by atoms with E-state index in [0.29, 0.717) is 17.0 Å². The van der Waals surface area contributed by atoms with Crippen molar-refractivity contribution < 1.29 is 14.3 Å². The maximum Gasteiger partial charge on any atom is 0.262 e. The zero-order valence-corrected chi connectivity index (χ0v) is 17.6. The Bertz CT molecular complexity index is 847. The number of anilines is 1. The molecule has 1 N–H and O–H groups in total. The minimum Gasteiger partial charge on any atom is -0.483 e. The normalized spacial score (nSPS) is 13.9. The average Bonchev–Trinajstić information content (AvgIpc) is 2.73. The second kappa shape index (κ2) is 9.73. The summed E-state index contributed by atoms with van der Waals surface area (Å²) in [6.45, 7) is 3.49. The summed E-state index contributed by atoms with van der Waals surface area (Å²) in [4.78, 5) is 27.1. The Morgan fingerprint density at radius 2 is 1.86 bits per heavy atom. The lowest BCUT2D eigenvalue weighted by Crippen LogP contribution is -2.36. The van der Waals surface area contributed by atoms with Gasteiger partial charge in [-0.3, -0.25) is 9.59 Å². The summed E-state index contributed by atoms with van der Waals surface area (Å²) in [7, 11) is 0. The van der Waals surface area contributed by atoms with E-state index in [2.05, 4.69) is 28.2 Å². The zero-order valence-electron chi connectivity index (χ0n) is 16.0. The summed E-state index contributed by atoms with van der Waals surface area (Å²) in [6.07, 6.45) is 4.15. The van der Waals surface area contributed by atoms with E-state index in [1.807, 2.05) is 35.2 Å². The fourth-order valence-electron chi connectivity index (χ4n) is 3.26. The molecule has 1 aliphatic heterocycles. The first kappa shape index (κ1) is 20.4. The first-order chi connectivity index (χ1) is 13.6. The van der Waals surface area contributed by atoms with Crippen LogP contribution < -0.4 is 10.1 Å². The molecule has 0 unspecified atom stereocenters. The maximum atomic E-state index is 12.8. The Balaban J connectivity index is 1.63. The number of aryl methyl sites for hydroxylation is 1. The van der Waals surface area contributed by atoms with Crippen molar-refractivity contribution in [3.8, 4) is 5.75 Å². The van der Waals surface area contributed by atoms with E-state index in [0.717, 1.165) is 43.2 Å². The average molecular weight is 445 g/mol. The van der Waals surface area contributed by atoms with Crippen LogP contribution in [0.3, 0.4) is 0 Å². The third kappa shape index (κ3) is 5.13. The SMILES string of the molecule is CCc1ccc(OCC(=O)Nc2ccccc2C(=O)N2CCCCC2)c(Br)c1. The minimum absolute atomic E-state index is 0.0329. The third-order valence-corrected chi connectivity index (χ3v) is 5.46. The Morgan fingerprint density at radius 1 is 1.11 bits per heavy atom. The Hall–Kier alpha value is -2.34. The number of benzene rings is 2. The van der Waals surface area contributed by atoms with Gasteiger partial charge in [-0.25, -0.2) is 0 Å². The van der Waals surface area contributed by atoms with Gasteiger partial charge in [-0.15, -0.1) is 0 Å². The minimum atomic E-state index is -0.301. The summed E-state index contributed by atoms with van der Waals surface area (Å²) < 4.78 is 6.45. The summed E-state index contributed by atoms with van der Waals surface area (Å²) in [5.41, 5.74) is 2.23. The van der Waals surface area contributed by atoms with Crippen molar-refractivity contribution >= 4 is 33.4 Å². The monoisotopic (exact) mass is 444 g/mol. The van der Waals surface area contributed by atoms with Gasteiger partial charge in [0.25, 0.3) is 11.8 Å². The first-order valence-corrected chi connectivity index (χ1v) is 10.5. The number of halogens is 1. The van der Waals surface area contributed by atoms with Crippen molar-refractivity contribution in [2.75, 3.05) is 25.0 Å². The van der Waals surface area contributed by atoms with E-state index in [1.165, 1.54) is 5.56 Å². The molecule has 1 saturated heterocycles. The third-order valence-electron chi connectivity index (χ3n) is 4.84.